The lowest BCUT2D eigenvalue weighted by atomic mass is 10.1. The summed E-state index contributed by atoms with van der Waals surface area (Å²) < 4.78 is 61.8. The van der Waals surface area contributed by atoms with Gasteiger partial charge in [-0.25, -0.2) is 13.8 Å². The molecule has 1 aromatic heterocycles. The molecule has 1 unspecified atom stereocenters. The van der Waals surface area contributed by atoms with Gasteiger partial charge < -0.3 is 25.0 Å². The summed E-state index contributed by atoms with van der Waals surface area (Å²) >= 11 is 0. The normalized spacial score (nSPS) is 15.0. The highest BCUT2D eigenvalue weighted by molar-refractivity contribution is 5.95. The number of carbonyl (C=O) groups excluding carboxylic acids is 1. The van der Waals surface area contributed by atoms with Gasteiger partial charge in [-0.1, -0.05) is 21.3 Å². The summed E-state index contributed by atoms with van der Waals surface area (Å²) in [5.41, 5.74) is 2.38. The van der Waals surface area contributed by atoms with E-state index in [1.54, 1.807) is 6.92 Å². The van der Waals surface area contributed by atoms with Crippen molar-refractivity contribution in [1.29, 1.82) is 0 Å². The highest BCUT2D eigenvalue weighted by Gasteiger charge is 2.42. The lowest BCUT2D eigenvalue weighted by Gasteiger charge is -2.30. The second-order valence-corrected chi connectivity index (χ2v) is 9.07. The Morgan fingerprint density at radius 2 is 1.92 bits per heavy atom. The molecule has 0 aliphatic carbocycles. The maximum Gasteiger partial charge on any atom is 0.340 e. The van der Waals surface area contributed by atoms with E-state index in [-0.39, 0.29) is 34.7 Å². The fourth-order valence-corrected chi connectivity index (χ4v) is 3.41. The summed E-state index contributed by atoms with van der Waals surface area (Å²) in [6.45, 7) is 8.92. The minimum atomic E-state index is -4.26. The Morgan fingerprint density at radius 1 is 1.25 bits per heavy atom. The van der Waals surface area contributed by atoms with Gasteiger partial charge in [-0.05, 0) is 50.5 Å². The molecule has 0 bridgehead atoms. The SMILES string of the molecule is C.CC1=C(OCC(F)(F)C(F)F)N(C)CC(C(=O)NC(C)c2cc(C)nc(NCOCC(C)C)c2)=C1.[HH].[HH]. The number of aryl methyl sites for hydroxylation is 1. The van der Waals surface area contributed by atoms with Crippen LogP contribution in [0.5, 0.6) is 0 Å². The number of nitrogens with zero attached hydrogens (tertiary/aromatic N) is 2. The molecular weight excluding hydrogens is 480 g/mol. The van der Waals surface area contributed by atoms with Crippen LogP contribution in [0.3, 0.4) is 0 Å². The first-order chi connectivity index (χ1) is 16.3. The summed E-state index contributed by atoms with van der Waals surface area (Å²) in [5, 5.41) is 6.04. The van der Waals surface area contributed by atoms with Gasteiger partial charge in [0.2, 0.25) is 5.91 Å². The second kappa shape index (κ2) is 13.5. The van der Waals surface area contributed by atoms with Gasteiger partial charge in [0.05, 0.1) is 19.2 Å². The van der Waals surface area contributed by atoms with E-state index in [0.29, 0.717) is 36.2 Å². The van der Waals surface area contributed by atoms with Gasteiger partial charge >= 0.3 is 12.3 Å². The number of hydrogen-bond donors (Lipinski definition) is 2. The Morgan fingerprint density at radius 3 is 2.50 bits per heavy atom. The number of amides is 1. The summed E-state index contributed by atoms with van der Waals surface area (Å²) in [7, 11) is 1.54. The number of pyridine rings is 1. The van der Waals surface area contributed by atoms with Crippen LogP contribution in [0.25, 0.3) is 0 Å². The van der Waals surface area contributed by atoms with Crippen LogP contribution < -0.4 is 10.6 Å². The van der Waals surface area contributed by atoms with Crippen molar-refractivity contribution in [3.8, 4) is 0 Å². The highest BCUT2D eigenvalue weighted by atomic mass is 19.3. The molecule has 208 valence electrons. The maximum atomic E-state index is 13.2. The van der Waals surface area contributed by atoms with Crippen molar-refractivity contribution in [2.24, 2.45) is 5.92 Å². The minimum absolute atomic E-state index is 0. The van der Waals surface area contributed by atoms with Gasteiger partial charge in [0.1, 0.15) is 12.5 Å². The van der Waals surface area contributed by atoms with Gasteiger partial charge in [-0.2, -0.15) is 8.78 Å². The van der Waals surface area contributed by atoms with E-state index < -0.39 is 19.0 Å². The Bertz CT molecular complexity index is 963. The molecule has 2 heterocycles. The number of anilines is 1. The molecule has 0 spiro atoms. The molecule has 1 atom stereocenters. The average molecular weight is 523 g/mol. The average Bonchev–Trinajstić information content (AvgIpc) is 2.75. The molecule has 0 radical (unpaired) electrons. The molecule has 1 aliphatic heterocycles. The molecule has 2 N–H and O–H groups in total. The van der Waals surface area contributed by atoms with Crippen molar-refractivity contribution in [3.05, 3.63) is 46.5 Å². The van der Waals surface area contributed by atoms with Crippen LogP contribution in [0.4, 0.5) is 23.4 Å². The van der Waals surface area contributed by atoms with Crippen molar-refractivity contribution in [1.82, 2.24) is 15.2 Å². The quantitative estimate of drug-likeness (QED) is 0.207. The predicted octanol–water partition coefficient (Wildman–Crippen LogP) is 5.76. The third-order valence-corrected chi connectivity index (χ3v) is 5.12. The van der Waals surface area contributed by atoms with Crippen molar-refractivity contribution in [2.75, 3.05) is 38.9 Å². The molecular formula is C25H42F4N4O3. The number of nitrogens with one attached hydrogen (secondary N) is 2. The van der Waals surface area contributed by atoms with Gasteiger partial charge in [-0.15, -0.1) is 0 Å². The molecule has 36 heavy (non-hydrogen) atoms. The Balaban J connectivity index is 0. The number of likely N-dealkylation sites (N-methyl/N-ethyl adjacent to an activating group) is 1. The number of rotatable bonds is 12. The summed E-state index contributed by atoms with van der Waals surface area (Å²) in [4.78, 5) is 18.8. The van der Waals surface area contributed by atoms with E-state index in [2.05, 4.69) is 29.5 Å². The smallest absolute Gasteiger partial charge is 0.340 e. The minimum Gasteiger partial charge on any atom is -0.472 e. The van der Waals surface area contributed by atoms with Crippen molar-refractivity contribution in [3.63, 3.8) is 0 Å². The summed E-state index contributed by atoms with van der Waals surface area (Å²) in [6, 6.07) is 3.35. The zero-order valence-electron chi connectivity index (χ0n) is 20.9. The Hall–Kier alpha value is -2.82. The molecule has 0 saturated carbocycles. The largest absolute Gasteiger partial charge is 0.472 e. The molecule has 2 rings (SSSR count). The van der Waals surface area contributed by atoms with E-state index in [0.717, 1.165) is 11.3 Å². The topological polar surface area (TPSA) is 75.7 Å². The van der Waals surface area contributed by atoms with Crippen LogP contribution in [-0.2, 0) is 14.3 Å². The molecule has 0 saturated heterocycles. The van der Waals surface area contributed by atoms with Gasteiger partial charge in [0.25, 0.3) is 0 Å². The Kier molecular flexibility index (Phi) is 11.7. The fraction of sp³-hybridized carbons (Fsp3) is 0.600. The highest BCUT2D eigenvalue weighted by Crippen LogP contribution is 2.27. The zero-order valence-corrected chi connectivity index (χ0v) is 20.9. The number of hydrogen-bond acceptors (Lipinski definition) is 6. The van der Waals surface area contributed by atoms with Gasteiger partial charge in [0, 0.05) is 26.7 Å². The van der Waals surface area contributed by atoms with Crippen LogP contribution in [-0.4, -0.2) is 61.7 Å². The van der Waals surface area contributed by atoms with E-state index in [1.165, 1.54) is 18.0 Å². The fourth-order valence-electron chi connectivity index (χ4n) is 3.41. The first-order valence-electron chi connectivity index (χ1n) is 11.3. The van der Waals surface area contributed by atoms with E-state index >= 15 is 0 Å². The Labute approximate surface area is 213 Å². The first-order valence-corrected chi connectivity index (χ1v) is 11.3. The van der Waals surface area contributed by atoms with Crippen LogP contribution >= 0.6 is 0 Å². The maximum absolute atomic E-state index is 13.2. The molecule has 0 aromatic carbocycles. The number of allylic oxidation sites excluding steroid dienone is 2. The summed E-state index contributed by atoms with van der Waals surface area (Å²) in [5.74, 6) is -3.54. The monoisotopic (exact) mass is 522 g/mol. The molecule has 1 aromatic rings. The number of aromatic nitrogens is 1. The van der Waals surface area contributed by atoms with E-state index in [1.807, 2.05) is 26.0 Å². The van der Waals surface area contributed by atoms with E-state index in [4.69, 9.17) is 9.47 Å². The standard InChI is InChI=1S/C24H34F4N4O3.CH4.2H2/c1-14(2)11-34-13-29-20-9-18(8-16(4)30-20)17(5)31-21(33)19-7-15(3)22(32(6)10-19)35-12-24(27,28)23(25)26;;;/h7-9,14,17,23H,10-13H2,1-6H3,(H,29,30)(H,31,33);1H4;2*1H. The summed E-state index contributed by atoms with van der Waals surface area (Å²) in [6.07, 6.45) is -2.31. The number of ether oxygens (including phenoxy) is 2. The van der Waals surface area contributed by atoms with Crippen LogP contribution in [0.15, 0.2) is 35.2 Å². The van der Waals surface area contributed by atoms with Crippen molar-refractivity contribution in [2.45, 2.75) is 60.4 Å². The third-order valence-electron chi connectivity index (χ3n) is 5.12. The molecule has 11 heteroatoms. The first kappa shape index (κ1) is 31.2. The molecule has 7 nitrogen and oxygen atoms in total. The van der Waals surface area contributed by atoms with Gasteiger partial charge in [-0.3, -0.25) is 4.79 Å². The predicted molar refractivity (Wildman–Crippen MR) is 136 cm³/mol. The molecule has 0 fully saturated rings. The lowest BCUT2D eigenvalue weighted by Crippen LogP contribution is -2.38. The number of carbonyl (C=O) groups is 1. The third kappa shape index (κ3) is 9.00. The van der Waals surface area contributed by atoms with Gasteiger partial charge in [0.15, 0.2) is 12.5 Å². The van der Waals surface area contributed by atoms with E-state index in [9.17, 15) is 22.4 Å². The number of alkyl halides is 4. The zero-order chi connectivity index (χ0) is 26.3. The molecule has 1 aliphatic rings. The van der Waals surface area contributed by atoms with Crippen LogP contribution in [0.2, 0.25) is 0 Å². The molecule has 1 amide bonds. The lowest BCUT2D eigenvalue weighted by molar-refractivity contribution is -0.162. The van der Waals surface area contributed by atoms with Crippen LogP contribution in [0, 0.1) is 12.8 Å². The van der Waals surface area contributed by atoms with Crippen molar-refractivity contribution < 1.29 is 34.7 Å². The van der Waals surface area contributed by atoms with Crippen LogP contribution in [0.1, 0.15) is 55.3 Å². The second-order valence-electron chi connectivity index (χ2n) is 9.07. The number of halogens is 4. The van der Waals surface area contributed by atoms with Crippen molar-refractivity contribution >= 4 is 11.7 Å².